The van der Waals surface area contributed by atoms with Gasteiger partial charge in [-0.1, -0.05) is 12.8 Å². The Kier molecular flexibility index (Phi) is 5.94. The van der Waals surface area contributed by atoms with E-state index in [-0.39, 0.29) is 18.7 Å². The number of hydrogen-bond acceptors (Lipinski definition) is 3. The monoisotopic (exact) mass is 308 g/mol. The van der Waals surface area contributed by atoms with Crippen molar-refractivity contribution in [2.75, 3.05) is 19.0 Å². The summed E-state index contributed by atoms with van der Waals surface area (Å²) in [6.45, 7) is 1.77. The Hall–Kier alpha value is -1.20. The molecule has 1 aliphatic rings. The number of carbonyl (C=O) groups is 1. The molecule has 0 heterocycles. The highest BCUT2D eigenvalue weighted by Gasteiger charge is 2.17. The lowest BCUT2D eigenvalue weighted by Gasteiger charge is -2.23. The van der Waals surface area contributed by atoms with Crippen LogP contribution in [0.25, 0.3) is 0 Å². The van der Waals surface area contributed by atoms with Gasteiger partial charge in [0, 0.05) is 22.9 Å². The van der Waals surface area contributed by atoms with E-state index in [1.807, 2.05) is 23.9 Å². The Morgan fingerprint density at radius 1 is 1.38 bits per heavy atom. The van der Waals surface area contributed by atoms with E-state index in [1.165, 1.54) is 35.5 Å². The molecule has 1 aliphatic carbocycles. The molecule has 4 nitrogen and oxygen atoms in total. The van der Waals surface area contributed by atoms with E-state index < -0.39 is 0 Å². The number of thioether (sulfide) groups is 1. The van der Waals surface area contributed by atoms with Gasteiger partial charge in [-0.2, -0.15) is 0 Å². The van der Waals surface area contributed by atoms with Crippen molar-refractivity contribution in [3.8, 4) is 0 Å². The molecule has 0 radical (unpaired) electrons. The molecular formula is C16H24N2O2S. The number of nitrogens with one attached hydrogen (secondary N) is 1. The molecule has 5 heteroatoms. The van der Waals surface area contributed by atoms with Crippen molar-refractivity contribution in [2.45, 2.75) is 48.8 Å². The molecule has 1 fully saturated rings. The largest absolute Gasteiger partial charge is 0.394 e. The van der Waals surface area contributed by atoms with E-state index in [1.54, 1.807) is 14.0 Å². The molecule has 1 aromatic rings. The summed E-state index contributed by atoms with van der Waals surface area (Å²) in [6, 6.07) is 7.61. The quantitative estimate of drug-likeness (QED) is 0.874. The van der Waals surface area contributed by atoms with Crippen molar-refractivity contribution in [2.24, 2.45) is 0 Å². The van der Waals surface area contributed by atoms with E-state index in [9.17, 15) is 4.79 Å². The number of aliphatic hydroxyl groups is 1. The lowest BCUT2D eigenvalue weighted by atomic mass is 10.3. The molecular weight excluding hydrogens is 284 g/mol. The number of likely N-dealkylation sites (N-methyl/N-ethyl adjacent to an activating group) is 1. The van der Waals surface area contributed by atoms with Crippen LogP contribution in [0, 0.1) is 0 Å². The molecule has 0 bridgehead atoms. The first kappa shape index (κ1) is 16.2. The van der Waals surface area contributed by atoms with Crippen molar-refractivity contribution < 1.29 is 9.90 Å². The third kappa shape index (κ3) is 4.64. The highest BCUT2D eigenvalue weighted by Crippen LogP contribution is 2.34. The number of hydrogen-bond donors (Lipinski definition) is 2. The van der Waals surface area contributed by atoms with E-state index in [4.69, 9.17) is 5.11 Å². The van der Waals surface area contributed by atoms with Crippen molar-refractivity contribution >= 4 is 23.5 Å². The van der Waals surface area contributed by atoms with Gasteiger partial charge in [-0.15, -0.1) is 11.8 Å². The second kappa shape index (κ2) is 7.71. The molecule has 0 unspecified atom stereocenters. The van der Waals surface area contributed by atoms with E-state index >= 15 is 0 Å². The molecule has 0 aliphatic heterocycles. The SMILES string of the molecule is C[C@H](CO)N(C)C(=O)Nc1ccc(SC2CCCC2)cc1. The number of nitrogens with zero attached hydrogens (tertiary/aromatic N) is 1. The van der Waals surface area contributed by atoms with Gasteiger partial charge in [0.1, 0.15) is 0 Å². The van der Waals surface area contributed by atoms with Gasteiger partial charge in [-0.3, -0.25) is 0 Å². The molecule has 2 N–H and O–H groups in total. The molecule has 0 spiro atoms. The first-order valence-electron chi connectivity index (χ1n) is 7.51. The number of anilines is 1. The molecule has 2 rings (SSSR count). The Morgan fingerprint density at radius 3 is 2.57 bits per heavy atom. The van der Waals surface area contributed by atoms with Gasteiger partial charge >= 0.3 is 6.03 Å². The minimum atomic E-state index is -0.201. The Balaban J connectivity index is 1.88. The summed E-state index contributed by atoms with van der Waals surface area (Å²) < 4.78 is 0. The van der Waals surface area contributed by atoms with E-state index in [0.29, 0.717) is 0 Å². The van der Waals surface area contributed by atoms with Crippen LogP contribution in [0.4, 0.5) is 10.5 Å². The van der Waals surface area contributed by atoms with Crippen molar-refractivity contribution in [1.82, 2.24) is 4.90 Å². The fourth-order valence-electron chi connectivity index (χ4n) is 2.35. The third-order valence-corrected chi connectivity index (χ3v) is 5.31. The summed E-state index contributed by atoms with van der Waals surface area (Å²) >= 11 is 1.94. The van der Waals surface area contributed by atoms with Gasteiger partial charge in [-0.05, 0) is 44.0 Å². The number of carbonyl (C=O) groups excluding carboxylic acids is 1. The maximum Gasteiger partial charge on any atom is 0.321 e. The maximum absolute atomic E-state index is 12.0. The fourth-order valence-corrected chi connectivity index (χ4v) is 3.60. The summed E-state index contributed by atoms with van der Waals surface area (Å²) in [7, 11) is 1.68. The zero-order valence-electron chi connectivity index (χ0n) is 12.7. The number of benzene rings is 1. The predicted molar refractivity (Wildman–Crippen MR) is 87.9 cm³/mol. The van der Waals surface area contributed by atoms with Crippen molar-refractivity contribution in [3.63, 3.8) is 0 Å². The summed E-state index contributed by atoms with van der Waals surface area (Å²) in [5.41, 5.74) is 0.785. The first-order chi connectivity index (χ1) is 10.1. The predicted octanol–water partition coefficient (Wildman–Crippen LogP) is 3.57. The number of aliphatic hydroxyl groups excluding tert-OH is 1. The first-order valence-corrected chi connectivity index (χ1v) is 8.39. The van der Waals surface area contributed by atoms with Gasteiger partial charge in [0.15, 0.2) is 0 Å². The summed E-state index contributed by atoms with van der Waals surface area (Å²) in [6.07, 6.45) is 5.32. The van der Waals surface area contributed by atoms with Gasteiger partial charge < -0.3 is 15.3 Å². The molecule has 21 heavy (non-hydrogen) atoms. The summed E-state index contributed by atoms with van der Waals surface area (Å²) in [5.74, 6) is 0. The zero-order chi connectivity index (χ0) is 15.2. The topological polar surface area (TPSA) is 52.6 Å². The Morgan fingerprint density at radius 2 is 2.00 bits per heavy atom. The average molecular weight is 308 g/mol. The highest BCUT2D eigenvalue weighted by molar-refractivity contribution is 8.00. The normalized spacial score (nSPS) is 16.7. The minimum absolute atomic E-state index is 0.0408. The number of amides is 2. The third-order valence-electron chi connectivity index (χ3n) is 3.96. The van der Waals surface area contributed by atoms with E-state index in [2.05, 4.69) is 17.4 Å². The second-order valence-electron chi connectivity index (χ2n) is 5.62. The molecule has 1 aromatic carbocycles. The number of urea groups is 1. The fraction of sp³-hybridized carbons (Fsp3) is 0.562. The highest BCUT2D eigenvalue weighted by atomic mass is 32.2. The van der Waals surface area contributed by atoms with Crippen LogP contribution >= 0.6 is 11.8 Å². The van der Waals surface area contributed by atoms with Crippen LogP contribution in [0.5, 0.6) is 0 Å². The zero-order valence-corrected chi connectivity index (χ0v) is 13.5. The number of rotatable bonds is 5. The Bertz CT molecular complexity index is 458. The van der Waals surface area contributed by atoms with Crippen molar-refractivity contribution in [3.05, 3.63) is 24.3 Å². The maximum atomic E-state index is 12.0. The van der Waals surface area contributed by atoms with Crippen LogP contribution in [-0.2, 0) is 0 Å². The lowest BCUT2D eigenvalue weighted by Crippen LogP contribution is -2.40. The lowest BCUT2D eigenvalue weighted by molar-refractivity contribution is 0.166. The molecule has 2 amide bonds. The smallest absolute Gasteiger partial charge is 0.321 e. The van der Waals surface area contributed by atoms with Crippen LogP contribution < -0.4 is 5.32 Å². The molecule has 0 saturated heterocycles. The van der Waals surface area contributed by atoms with Crippen LogP contribution in [0.3, 0.4) is 0 Å². The van der Waals surface area contributed by atoms with Crippen LogP contribution in [0.1, 0.15) is 32.6 Å². The molecule has 0 aromatic heterocycles. The Labute approximate surface area is 130 Å². The average Bonchev–Trinajstić information content (AvgIpc) is 3.00. The second-order valence-corrected chi connectivity index (χ2v) is 7.00. The van der Waals surface area contributed by atoms with Gasteiger partial charge in [0.05, 0.1) is 12.6 Å². The van der Waals surface area contributed by atoms with Crippen LogP contribution in [0.2, 0.25) is 0 Å². The van der Waals surface area contributed by atoms with Gasteiger partial charge in [0.2, 0.25) is 0 Å². The molecule has 116 valence electrons. The van der Waals surface area contributed by atoms with Gasteiger partial charge in [-0.25, -0.2) is 4.79 Å². The summed E-state index contributed by atoms with van der Waals surface area (Å²) in [4.78, 5) is 14.7. The van der Waals surface area contributed by atoms with E-state index in [0.717, 1.165) is 10.9 Å². The van der Waals surface area contributed by atoms with Crippen LogP contribution in [0.15, 0.2) is 29.2 Å². The minimum Gasteiger partial charge on any atom is -0.394 e. The van der Waals surface area contributed by atoms with Crippen LogP contribution in [-0.4, -0.2) is 41.0 Å². The molecule has 1 atom stereocenters. The standard InChI is InChI=1S/C16H24N2O2S/c1-12(11-19)18(2)16(20)17-13-7-9-15(10-8-13)21-14-5-3-4-6-14/h7-10,12,14,19H,3-6,11H2,1-2H3,(H,17,20)/t12-/m1/s1. The summed E-state index contributed by atoms with van der Waals surface area (Å²) in [5, 5.41) is 12.7. The van der Waals surface area contributed by atoms with Crippen molar-refractivity contribution in [1.29, 1.82) is 0 Å². The van der Waals surface area contributed by atoms with Gasteiger partial charge in [0.25, 0.3) is 0 Å². The molecule has 1 saturated carbocycles.